The van der Waals surface area contributed by atoms with Crippen molar-refractivity contribution >= 4 is 11.9 Å². The summed E-state index contributed by atoms with van der Waals surface area (Å²) in [6, 6.07) is 8.01. The Bertz CT molecular complexity index is 529. The van der Waals surface area contributed by atoms with Crippen LogP contribution in [0.15, 0.2) is 36.4 Å². The zero-order valence-electron chi connectivity index (χ0n) is 12.9. The summed E-state index contributed by atoms with van der Waals surface area (Å²) >= 11 is 0. The van der Waals surface area contributed by atoms with Crippen LogP contribution in [0.2, 0.25) is 0 Å². The molecule has 126 valence electrons. The van der Waals surface area contributed by atoms with Gasteiger partial charge in [0.25, 0.3) is 0 Å². The maximum absolute atomic E-state index is 11.4. The third-order valence-electron chi connectivity index (χ3n) is 3.17. The molecule has 0 spiro atoms. The number of benzene rings is 1. The van der Waals surface area contributed by atoms with Gasteiger partial charge in [0, 0.05) is 31.8 Å². The third kappa shape index (κ3) is 8.10. The van der Waals surface area contributed by atoms with E-state index in [1.54, 1.807) is 0 Å². The molecule has 0 radical (unpaired) electrons. The van der Waals surface area contributed by atoms with Crippen LogP contribution in [0.4, 0.5) is 0 Å². The number of hydroxylamine groups is 2. The van der Waals surface area contributed by atoms with Crippen LogP contribution in [-0.4, -0.2) is 35.1 Å². The van der Waals surface area contributed by atoms with Crippen molar-refractivity contribution in [2.45, 2.75) is 25.9 Å². The first-order valence-corrected chi connectivity index (χ1v) is 7.41. The summed E-state index contributed by atoms with van der Waals surface area (Å²) in [6.07, 6.45) is 2.72. The number of nitrogens with one attached hydrogen (secondary N) is 1. The molecule has 1 aromatic carbocycles. The number of nitrogens with zero attached hydrogens (tertiary/aromatic N) is 1. The number of amides is 1. The van der Waals surface area contributed by atoms with Gasteiger partial charge < -0.3 is 26.4 Å². The van der Waals surface area contributed by atoms with Crippen molar-refractivity contribution in [1.29, 1.82) is 0 Å². The first-order valence-electron chi connectivity index (χ1n) is 7.41. The number of unbranched alkanes of at least 4 members (excludes halogenated alkanes) is 1. The van der Waals surface area contributed by atoms with Gasteiger partial charge in [-0.1, -0.05) is 24.3 Å². The van der Waals surface area contributed by atoms with Crippen LogP contribution >= 0.6 is 0 Å². The smallest absolute Gasteiger partial charge is 0.328 e. The fourth-order valence-electron chi connectivity index (χ4n) is 1.87. The van der Waals surface area contributed by atoms with Crippen molar-refractivity contribution in [3.63, 3.8) is 0 Å². The lowest BCUT2D eigenvalue weighted by atomic mass is 10.1. The van der Waals surface area contributed by atoms with Crippen LogP contribution in [-0.2, 0) is 22.7 Å². The van der Waals surface area contributed by atoms with Gasteiger partial charge in [-0.3, -0.25) is 4.79 Å². The van der Waals surface area contributed by atoms with Gasteiger partial charge in [-0.15, -0.1) is 0 Å². The third-order valence-corrected chi connectivity index (χ3v) is 3.17. The molecule has 4 N–H and O–H groups in total. The van der Waals surface area contributed by atoms with Crippen molar-refractivity contribution in [1.82, 2.24) is 10.4 Å². The second kappa shape index (κ2) is 10.5. The minimum atomic E-state index is -1.25. The lowest BCUT2D eigenvalue weighted by Gasteiger charge is -2.26. The minimum absolute atomic E-state index is 0.0513. The number of nitrogens with two attached hydrogens (primary N) is 1. The highest BCUT2D eigenvalue weighted by Gasteiger charge is 2.00. The van der Waals surface area contributed by atoms with E-state index in [0.717, 1.165) is 36.7 Å². The number of carbonyl (C=O) groups is 2. The van der Waals surface area contributed by atoms with Gasteiger partial charge in [-0.05, 0) is 30.5 Å². The molecule has 0 aliphatic rings. The first kappa shape index (κ1) is 18.8. The molecule has 1 amide bonds. The lowest BCUT2D eigenvalue weighted by Crippen LogP contribution is -2.25. The summed E-state index contributed by atoms with van der Waals surface area (Å²) in [7, 11) is 0. The Labute approximate surface area is 135 Å². The van der Waals surface area contributed by atoms with Crippen LogP contribution in [0.25, 0.3) is 0 Å². The maximum Gasteiger partial charge on any atom is 0.328 e. The Hall–Kier alpha value is -2.22. The zero-order chi connectivity index (χ0) is 17.1. The van der Waals surface area contributed by atoms with E-state index in [1.165, 1.54) is 0 Å². The van der Waals surface area contributed by atoms with Gasteiger partial charge in [0.05, 0.1) is 0 Å². The van der Waals surface area contributed by atoms with Gasteiger partial charge in [-0.25, -0.2) is 4.79 Å². The summed E-state index contributed by atoms with van der Waals surface area (Å²) in [5, 5.41) is 23.3. The summed E-state index contributed by atoms with van der Waals surface area (Å²) < 4.78 is 0. The number of hydrogen-bond acceptors (Lipinski definition) is 5. The molecule has 0 aromatic heterocycles. The summed E-state index contributed by atoms with van der Waals surface area (Å²) in [4.78, 5) is 21.5. The molecular formula is C16H22N3O4-. The molecule has 7 heteroatoms. The monoisotopic (exact) mass is 320 g/mol. The number of aliphatic carboxylic acids is 1. The average molecular weight is 320 g/mol. The Morgan fingerprint density at radius 3 is 2.43 bits per heavy atom. The topological polar surface area (TPSA) is 119 Å². The quantitative estimate of drug-likeness (QED) is 0.336. The highest BCUT2D eigenvalue weighted by atomic mass is 16.5. The Morgan fingerprint density at radius 2 is 1.83 bits per heavy atom. The summed E-state index contributed by atoms with van der Waals surface area (Å²) in [5.74, 6) is -2.10. The summed E-state index contributed by atoms with van der Waals surface area (Å²) in [5.41, 5.74) is 7.77. The molecule has 0 heterocycles. The van der Waals surface area contributed by atoms with E-state index in [2.05, 4.69) is 5.32 Å². The van der Waals surface area contributed by atoms with E-state index in [4.69, 9.17) is 10.8 Å². The Balaban J connectivity index is 2.12. The fraction of sp³-hybridized carbons (Fsp3) is 0.375. The fourth-order valence-corrected chi connectivity index (χ4v) is 1.87. The van der Waals surface area contributed by atoms with Gasteiger partial charge in [0.1, 0.15) is 0 Å². The van der Waals surface area contributed by atoms with E-state index in [9.17, 15) is 14.8 Å². The van der Waals surface area contributed by atoms with E-state index in [1.807, 2.05) is 24.3 Å². The first-order chi connectivity index (χ1) is 11.0. The van der Waals surface area contributed by atoms with Crippen LogP contribution < -0.4 is 11.1 Å². The predicted octanol–water partition coefficient (Wildman–Crippen LogP) is 0.982. The minimum Gasteiger partial charge on any atom is -0.756 e. The van der Waals surface area contributed by atoms with Crippen LogP contribution in [0.1, 0.15) is 24.0 Å². The van der Waals surface area contributed by atoms with E-state index in [-0.39, 0.29) is 11.6 Å². The summed E-state index contributed by atoms with van der Waals surface area (Å²) in [6.45, 7) is 2.04. The van der Waals surface area contributed by atoms with Gasteiger partial charge in [0.2, 0.25) is 5.91 Å². The normalized spacial score (nSPS) is 10.9. The number of carboxylic acids is 1. The Kier molecular flexibility index (Phi) is 8.59. The van der Waals surface area contributed by atoms with Crippen LogP contribution in [0.3, 0.4) is 0 Å². The molecule has 0 bridgehead atoms. The zero-order valence-corrected chi connectivity index (χ0v) is 12.9. The molecule has 1 rings (SSSR count). The van der Waals surface area contributed by atoms with E-state index >= 15 is 0 Å². The second-order valence-electron chi connectivity index (χ2n) is 5.02. The molecule has 7 nitrogen and oxygen atoms in total. The highest BCUT2D eigenvalue weighted by molar-refractivity contribution is 5.94. The molecule has 0 fully saturated rings. The lowest BCUT2D eigenvalue weighted by molar-refractivity contribution is -0.132. The van der Waals surface area contributed by atoms with E-state index in [0.29, 0.717) is 19.0 Å². The van der Waals surface area contributed by atoms with Crippen LogP contribution in [0, 0.1) is 5.21 Å². The van der Waals surface area contributed by atoms with Crippen molar-refractivity contribution < 1.29 is 14.7 Å². The molecule has 0 aliphatic heterocycles. The Morgan fingerprint density at radius 1 is 1.17 bits per heavy atom. The predicted molar refractivity (Wildman–Crippen MR) is 87.1 cm³/mol. The van der Waals surface area contributed by atoms with Crippen LogP contribution in [0.5, 0.6) is 0 Å². The second-order valence-corrected chi connectivity index (χ2v) is 5.02. The number of hydrogen-bond donors (Lipinski definition) is 3. The molecule has 0 saturated carbocycles. The molecule has 0 aliphatic carbocycles. The van der Waals surface area contributed by atoms with E-state index < -0.39 is 11.9 Å². The number of carboxylic acid groups (broad SMARTS) is 1. The molecular weight excluding hydrogens is 298 g/mol. The standard InChI is InChI=1S/C16H22N3O4/c17-11-13-3-5-14(6-4-13)12-18-9-1-2-10-19(23)15(20)7-8-16(21)22/h3-8,18H,1-2,9-12,17H2,(H,21,22)/q-1/b8-7+. The van der Waals surface area contributed by atoms with Gasteiger partial charge in [0.15, 0.2) is 0 Å². The van der Waals surface area contributed by atoms with Crippen molar-refractivity contribution in [3.8, 4) is 0 Å². The van der Waals surface area contributed by atoms with Gasteiger partial charge in [-0.2, -0.15) is 0 Å². The maximum atomic E-state index is 11.4. The largest absolute Gasteiger partial charge is 0.756 e. The number of rotatable bonds is 10. The van der Waals surface area contributed by atoms with Gasteiger partial charge >= 0.3 is 5.97 Å². The SMILES string of the molecule is NCc1ccc(CNCCCCN([O-])C(=O)/C=C/C(=O)O)cc1. The average Bonchev–Trinajstić information content (AvgIpc) is 2.56. The molecule has 0 atom stereocenters. The highest BCUT2D eigenvalue weighted by Crippen LogP contribution is 2.03. The molecule has 1 aromatic rings. The van der Waals surface area contributed by atoms with Crippen molar-refractivity contribution in [2.24, 2.45) is 5.73 Å². The van der Waals surface area contributed by atoms with Crippen molar-refractivity contribution in [2.75, 3.05) is 13.1 Å². The molecule has 0 unspecified atom stereocenters. The van der Waals surface area contributed by atoms with Crippen molar-refractivity contribution in [3.05, 3.63) is 52.8 Å². The number of carbonyl (C=O) groups excluding carboxylic acids is 1. The molecule has 0 saturated heterocycles. The molecule has 23 heavy (non-hydrogen) atoms.